The average Bonchev–Trinajstić information content (AvgIpc) is 2.63. The summed E-state index contributed by atoms with van der Waals surface area (Å²) in [4.78, 5) is 12.1. The summed E-state index contributed by atoms with van der Waals surface area (Å²) < 4.78 is 110. The minimum Gasteiger partial charge on any atom is -0.423 e. The van der Waals surface area contributed by atoms with Gasteiger partial charge in [0, 0.05) is 5.92 Å². The first-order valence-corrected chi connectivity index (χ1v) is 9.13. The Morgan fingerprint density at radius 2 is 1.62 bits per heavy atom. The summed E-state index contributed by atoms with van der Waals surface area (Å²) in [5.41, 5.74) is 0.693. The monoisotopic (exact) mass is 432 g/mol. The zero-order valence-corrected chi connectivity index (χ0v) is 15.5. The van der Waals surface area contributed by atoms with Gasteiger partial charge in [-0.15, -0.1) is 0 Å². The van der Waals surface area contributed by atoms with Crippen LogP contribution in [-0.2, 0) is 11.2 Å². The third-order valence-electron chi connectivity index (χ3n) is 5.09. The van der Waals surface area contributed by atoms with Gasteiger partial charge in [0.15, 0.2) is 11.6 Å². The number of esters is 1. The van der Waals surface area contributed by atoms with E-state index in [1.807, 2.05) is 6.92 Å². The van der Waals surface area contributed by atoms with Gasteiger partial charge in [0.05, 0.1) is 5.92 Å². The molecule has 10 heteroatoms. The summed E-state index contributed by atoms with van der Waals surface area (Å²) in [5, 5.41) is 0. The topological polar surface area (TPSA) is 26.3 Å². The highest BCUT2D eigenvalue weighted by molar-refractivity contribution is 5.75. The van der Waals surface area contributed by atoms with Crippen LogP contribution in [0.25, 0.3) is 0 Å². The molecule has 2 nitrogen and oxygen atoms in total. The molecule has 0 unspecified atom stereocenters. The number of benzene rings is 1. The molecular formula is C19H20F8O2. The van der Waals surface area contributed by atoms with E-state index in [0.29, 0.717) is 12.0 Å². The third-order valence-corrected chi connectivity index (χ3v) is 5.09. The Morgan fingerprint density at radius 1 is 1.03 bits per heavy atom. The summed E-state index contributed by atoms with van der Waals surface area (Å²) in [6.07, 6.45) is -7.13. The minimum atomic E-state index is -6.38. The van der Waals surface area contributed by atoms with Crippen LogP contribution in [0.1, 0.15) is 44.6 Å². The molecule has 2 rings (SSSR count). The molecule has 164 valence electrons. The van der Waals surface area contributed by atoms with Crippen LogP contribution in [-0.4, -0.2) is 24.0 Å². The zero-order chi connectivity index (χ0) is 22.0. The molecule has 29 heavy (non-hydrogen) atoms. The van der Waals surface area contributed by atoms with E-state index in [1.165, 1.54) is 12.1 Å². The lowest BCUT2D eigenvalue weighted by Gasteiger charge is -2.37. The SMILES string of the molecule is CCCc1ccc(OC(=O)C2CCC(C(F)(F)C(F)(F)C(F)(F)F)CC2)c(F)c1. The molecule has 0 amide bonds. The number of aryl methyl sites for hydroxylation is 1. The van der Waals surface area contributed by atoms with Crippen LogP contribution < -0.4 is 4.74 Å². The van der Waals surface area contributed by atoms with Gasteiger partial charge in [0.2, 0.25) is 0 Å². The van der Waals surface area contributed by atoms with E-state index in [0.717, 1.165) is 6.42 Å². The maximum Gasteiger partial charge on any atom is 0.459 e. The molecule has 1 aromatic rings. The lowest BCUT2D eigenvalue weighted by atomic mass is 9.77. The summed E-state index contributed by atoms with van der Waals surface area (Å²) >= 11 is 0. The summed E-state index contributed by atoms with van der Waals surface area (Å²) in [6.45, 7) is 1.90. The van der Waals surface area contributed by atoms with Crippen molar-refractivity contribution in [2.45, 2.75) is 63.5 Å². The molecule has 0 heterocycles. The van der Waals surface area contributed by atoms with Crippen LogP contribution in [0.3, 0.4) is 0 Å². The first-order chi connectivity index (χ1) is 13.3. The number of alkyl halides is 7. The summed E-state index contributed by atoms with van der Waals surface area (Å²) in [7, 11) is 0. The number of halogens is 8. The van der Waals surface area contributed by atoms with Crippen molar-refractivity contribution in [3.8, 4) is 5.75 Å². The van der Waals surface area contributed by atoms with E-state index in [1.54, 1.807) is 6.07 Å². The van der Waals surface area contributed by atoms with Gasteiger partial charge >= 0.3 is 24.0 Å². The fraction of sp³-hybridized carbons (Fsp3) is 0.632. The Balaban J connectivity index is 1.99. The van der Waals surface area contributed by atoms with Crippen molar-refractivity contribution in [1.82, 2.24) is 0 Å². The molecule has 1 fully saturated rings. The van der Waals surface area contributed by atoms with Crippen molar-refractivity contribution < 1.29 is 44.7 Å². The largest absolute Gasteiger partial charge is 0.459 e. The van der Waals surface area contributed by atoms with E-state index in [4.69, 9.17) is 4.74 Å². The number of carbonyl (C=O) groups excluding carboxylic acids is 1. The summed E-state index contributed by atoms with van der Waals surface area (Å²) in [5.74, 6) is -16.7. The van der Waals surface area contributed by atoms with E-state index in [9.17, 15) is 39.9 Å². The molecule has 0 saturated heterocycles. The molecule has 1 aromatic carbocycles. The first kappa shape index (κ1) is 23.4. The van der Waals surface area contributed by atoms with Crippen LogP contribution >= 0.6 is 0 Å². The van der Waals surface area contributed by atoms with Crippen molar-refractivity contribution in [1.29, 1.82) is 0 Å². The third kappa shape index (κ3) is 4.83. The molecule has 0 bridgehead atoms. The molecule has 0 N–H and O–H groups in total. The Kier molecular flexibility index (Phi) is 6.84. The van der Waals surface area contributed by atoms with Gasteiger partial charge in [-0.1, -0.05) is 19.4 Å². The van der Waals surface area contributed by atoms with Gasteiger partial charge < -0.3 is 4.74 Å². The normalized spacial score (nSPS) is 21.1. The van der Waals surface area contributed by atoms with Crippen molar-refractivity contribution in [3.05, 3.63) is 29.6 Å². The van der Waals surface area contributed by atoms with Crippen LogP contribution in [0.2, 0.25) is 0 Å². The zero-order valence-electron chi connectivity index (χ0n) is 15.5. The van der Waals surface area contributed by atoms with E-state index in [2.05, 4.69) is 0 Å². The van der Waals surface area contributed by atoms with E-state index in [-0.39, 0.29) is 18.6 Å². The van der Waals surface area contributed by atoms with Crippen molar-refractivity contribution >= 4 is 5.97 Å². The summed E-state index contributed by atoms with van der Waals surface area (Å²) in [6, 6.07) is 4.01. The second kappa shape index (κ2) is 8.47. The molecule has 0 atom stereocenters. The van der Waals surface area contributed by atoms with E-state index >= 15 is 0 Å². The standard InChI is InChI=1S/C19H20F8O2/c1-2-3-11-4-9-15(14(20)10-11)29-16(28)12-5-7-13(8-6-12)17(21,22)18(23,24)19(25,26)27/h4,9-10,12-13H,2-3,5-8H2,1H3. The average molecular weight is 432 g/mol. The molecular weight excluding hydrogens is 412 g/mol. The Morgan fingerprint density at radius 3 is 2.10 bits per heavy atom. The Hall–Kier alpha value is -1.87. The van der Waals surface area contributed by atoms with Crippen LogP contribution in [0.15, 0.2) is 18.2 Å². The van der Waals surface area contributed by atoms with Gasteiger partial charge in [-0.05, 0) is 49.8 Å². The minimum absolute atomic E-state index is 0.356. The Labute approximate surface area is 162 Å². The number of carbonyl (C=O) groups is 1. The Bertz CT molecular complexity index is 721. The first-order valence-electron chi connectivity index (χ1n) is 9.13. The van der Waals surface area contributed by atoms with Crippen molar-refractivity contribution in [3.63, 3.8) is 0 Å². The number of hydrogen-bond acceptors (Lipinski definition) is 2. The maximum absolute atomic E-state index is 14.0. The van der Waals surface area contributed by atoms with Crippen molar-refractivity contribution in [2.24, 2.45) is 11.8 Å². The number of ether oxygens (including phenoxy) is 1. The molecule has 0 aliphatic heterocycles. The van der Waals surface area contributed by atoms with Gasteiger partial charge in [0.1, 0.15) is 0 Å². The predicted octanol–water partition coefficient (Wildman–Crippen LogP) is 6.32. The lowest BCUT2D eigenvalue weighted by Crippen LogP contribution is -2.56. The quantitative estimate of drug-likeness (QED) is 0.299. The van der Waals surface area contributed by atoms with Crippen LogP contribution in [0, 0.1) is 17.7 Å². The highest BCUT2D eigenvalue weighted by atomic mass is 19.4. The molecule has 0 spiro atoms. The second-order valence-electron chi connectivity index (χ2n) is 7.18. The van der Waals surface area contributed by atoms with Gasteiger partial charge in [-0.2, -0.15) is 30.7 Å². The maximum atomic E-state index is 14.0. The molecule has 0 radical (unpaired) electrons. The van der Waals surface area contributed by atoms with E-state index < -0.39 is 54.5 Å². The molecule has 0 aromatic heterocycles. The van der Waals surface area contributed by atoms with Gasteiger partial charge in [-0.25, -0.2) is 4.39 Å². The number of rotatable bonds is 6. The van der Waals surface area contributed by atoms with Crippen molar-refractivity contribution in [2.75, 3.05) is 0 Å². The number of hydrogen-bond donors (Lipinski definition) is 0. The predicted molar refractivity (Wildman–Crippen MR) is 87.4 cm³/mol. The highest BCUT2D eigenvalue weighted by Gasteiger charge is 2.74. The second-order valence-corrected chi connectivity index (χ2v) is 7.18. The van der Waals surface area contributed by atoms with Crippen LogP contribution in [0.4, 0.5) is 35.1 Å². The highest BCUT2D eigenvalue weighted by Crippen LogP contribution is 2.53. The molecule has 1 aliphatic rings. The molecule has 1 aliphatic carbocycles. The fourth-order valence-electron chi connectivity index (χ4n) is 3.40. The fourth-order valence-corrected chi connectivity index (χ4v) is 3.40. The van der Waals surface area contributed by atoms with Gasteiger partial charge in [0.25, 0.3) is 0 Å². The van der Waals surface area contributed by atoms with Gasteiger partial charge in [-0.3, -0.25) is 4.79 Å². The molecule has 1 saturated carbocycles. The lowest BCUT2D eigenvalue weighted by molar-refractivity contribution is -0.367. The van der Waals surface area contributed by atoms with Crippen LogP contribution in [0.5, 0.6) is 5.75 Å². The smallest absolute Gasteiger partial charge is 0.423 e.